The average Bonchev–Trinajstić information content (AvgIpc) is 2.74. The summed E-state index contributed by atoms with van der Waals surface area (Å²) in [5, 5.41) is 0. The lowest BCUT2D eigenvalue weighted by atomic mass is 10.1. The number of anilines is 2. The molecule has 2 N–H and O–H groups in total. The second-order valence-electron chi connectivity index (χ2n) is 4.69. The van der Waals surface area contributed by atoms with Crippen LogP contribution in [0.5, 0.6) is 0 Å². The van der Waals surface area contributed by atoms with Crippen molar-refractivity contribution in [3.05, 3.63) is 58.1 Å². The van der Waals surface area contributed by atoms with Gasteiger partial charge in [0.05, 0.1) is 0 Å². The molecular weight excluding hydrogens is 288 g/mol. The van der Waals surface area contributed by atoms with E-state index in [0.717, 1.165) is 29.7 Å². The summed E-state index contributed by atoms with van der Waals surface area (Å²) in [6.07, 6.45) is 1.09. The molecular formula is C15H15BrN2. The molecule has 0 atom stereocenters. The van der Waals surface area contributed by atoms with E-state index in [1.807, 2.05) is 6.07 Å². The predicted octanol–water partition coefficient (Wildman–Crippen LogP) is 3.59. The minimum Gasteiger partial charge on any atom is -0.399 e. The molecule has 0 unspecified atom stereocenters. The average molecular weight is 303 g/mol. The Hall–Kier alpha value is -1.48. The van der Waals surface area contributed by atoms with Gasteiger partial charge in [-0.05, 0) is 47.9 Å². The molecule has 18 heavy (non-hydrogen) atoms. The SMILES string of the molecule is Nc1ccc2c(c1)CCN2Cc1ccc(Br)cc1. The first-order chi connectivity index (χ1) is 8.72. The minimum absolute atomic E-state index is 0.860. The first-order valence-electron chi connectivity index (χ1n) is 6.10. The van der Waals surface area contributed by atoms with Gasteiger partial charge in [0, 0.05) is 28.9 Å². The Morgan fingerprint density at radius 1 is 1.11 bits per heavy atom. The molecule has 0 bridgehead atoms. The van der Waals surface area contributed by atoms with Crippen molar-refractivity contribution in [1.82, 2.24) is 0 Å². The zero-order chi connectivity index (χ0) is 12.5. The summed E-state index contributed by atoms with van der Waals surface area (Å²) in [6, 6.07) is 14.7. The second-order valence-corrected chi connectivity index (χ2v) is 5.60. The normalized spacial score (nSPS) is 13.7. The van der Waals surface area contributed by atoms with E-state index >= 15 is 0 Å². The fourth-order valence-electron chi connectivity index (χ4n) is 2.46. The number of fused-ring (bicyclic) bond motifs is 1. The monoisotopic (exact) mass is 302 g/mol. The van der Waals surface area contributed by atoms with Crippen LogP contribution < -0.4 is 10.6 Å². The lowest BCUT2D eigenvalue weighted by molar-refractivity contribution is 0.836. The first-order valence-corrected chi connectivity index (χ1v) is 6.89. The zero-order valence-electron chi connectivity index (χ0n) is 10.1. The maximum Gasteiger partial charge on any atom is 0.0429 e. The van der Waals surface area contributed by atoms with Crippen LogP contribution in [0.1, 0.15) is 11.1 Å². The van der Waals surface area contributed by atoms with Crippen molar-refractivity contribution in [3.63, 3.8) is 0 Å². The molecule has 0 spiro atoms. The van der Waals surface area contributed by atoms with Gasteiger partial charge >= 0.3 is 0 Å². The van der Waals surface area contributed by atoms with Gasteiger partial charge in [-0.3, -0.25) is 0 Å². The standard InChI is InChI=1S/C15H15BrN2/c16-13-3-1-11(2-4-13)10-18-8-7-12-9-14(17)5-6-15(12)18/h1-6,9H,7-8,10,17H2. The van der Waals surface area contributed by atoms with E-state index in [1.165, 1.54) is 16.8 Å². The Balaban J connectivity index is 1.82. The Morgan fingerprint density at radius 3 is 2.67 bits per heavy atom. The lowest BCUT2D eigenvalue weighted by Crippen LogP contribution is -2.19. The van der Waals surface area contributed by atoms with Gasteiger partial charge in [-0.15, -0.1) is 0 Å². The lowest BCUT2D eigenvalue weighted by Gasteiger charge is -2.19. The van der Waals surface area contributed by atoms with Crippen LogP contribution in [0.25, 0.3) is 0 Å². The molecule has 1 aliphatic rings. The highest BCUT2D eigenvalue weighted by molar-refractivity contribution is 9.10. The highest BCUT2D eigenvalue weighted by Gasteiger charge is 2.18. The van der Waals surface area contributed by atoms with Gasteiger partial charge in [-0.2, -0.15) is 0 Å². The quantitative estimate of drug-likeness (QED) is 0.859. The Bertz CT molecular complexity index is 563. The molecule has 3 heteroatoms. The van der Waals surface area contributed by atoms with Crippen LogP contribution in [0.3, 0.4) is 0 Å². The smallest absolute Gasteiger partial charge is 0.0429 e. The third-order valence-electron chi connectivity index (χ3n) is 3.38. The minimum atomic E-state index is 0.860. The van der Waals surface area contributed by atoms with Crippen LogP contribution in [0.15, 0.2) is 46.9 Å². The number of nitrogens with two attached hydrogens (primary N) is 1. The summed E-state index contributed by atoms with van der Waals surface area (Å²) >= 11 is 3.46. The number of benzene rings is 2. The van der Waals surface area contributed by atoms with Gasteiger partial charge < -0.3 is 10.6 Å². The Morgan fingerprint density at radius 2 is 1.89 bits per heavy atom. The molecule has 92 valence electrons. The van der Waals surface area contributed by atoms with E-state index in [-0.39, 0.29) is 0 Å². The van der Waals surface area contributed by atoms with Gasteiger partial charge in [0.2, 0.25) is 0 Å². The molecule has 2 aromatic carbocycles. The third kappa shape index (κ3) is 2.23. The van der Waals surface area contributed by atoms with Crippen molar-refractivity contribution < 1.29 is 0 Å². The van der Waals surface area contributed by atoms with E-state index in [4.69, 9.17) is 5.73 Å². The van der Waals surface area contributed by atoms with Crippen molar-refractivity contribution in [2.24, 2.45) is 0 Å². The maximum absolute atomic E-state index is 5.82. The molecule has 2 nitrogen and oxygen atoms in total. The molecule has 2 aromatic rings. The van der Waals surface area contributed by atoms with E-state index in [2.05, 4.69) is 57.2 Å². The van der Waals surface area contributed by atoms with E-state index in [9.17, 15) is 0 Å². The fraction of sp³-hybridized carbons (Fsp3) is 0.200. The second kappa shape index (κ2) is 4.65. The van der Waals surface area contributed by atoms with Gasteiger partial charge in [-0.1, -0.05) is 28.1 Å². The largest absolute Gasteiger partial charge is 0.399 e. The van der Waals surface area contributed by atoms with Crippen LogP contribution in [0.2, 0.25) is 0 Å². The Labute approximate surface area is 116 Å². The van der Waals surface area contributed by atoms with Gasteiger partial charge in [0.15, 0.2) is 0 Å². The van der Waals surface area contributed by atoms with Crippen molar-refractivity contribution >= 4 is 27.3 Å². The number of rotatable bonds is 2. The molecule has 0 aliphatic carbocycles. The molecule has 1 aliphatic heterocycles. The van der Waals surface area contributed by atoms with Gasteiger partial charge in [0.1, 0.15) is 0 Å². The topological polar surface area (TPSA) is 29.3 Å². The van der Waals surface area contributed by atoms with E-state index < -0.39 is 0 Å². The highest BCUT2D eigenvalue weighted by Crippen LogP contribution is 2.30. The van der Waals surface area contributed by atoms with Crippen LogP contribution >= 0.6 is 15.9 Å². The molecule has 0 aromatic heterocycles. The molecule has 0 fully saturated rings. The molecule has 0 amide bonds. The van der Waals surface area contributed by atoms with Crippen molar-refractivity contribution in [3.8, 4) is 0 Å². The summed E-state index contributed by atoms with van der Waals surface area (Å²) < 4.78 is 1.13. The predicted molar refractivity (Wildman–Crippen MR) is 79.8 cm³/mol. The molecule has 0 radical (unpaired) electrons. The van der Waals surface area contributed by atoms with Crippen molar-refractivity contribution in [2.75, 3.05) is 17.2 Å². The summed E-state index contributed by atoms with van der Waals surface area (Å²) in [7, 11) is 0. The molecule has 0 saturated carbocycles. The number of nitrogens with zero attached hydrogens (tertiary/aromatic N) is 1. The zero-order valence-corrected chi connectivity index (χ0v) is 11.7. The van der Waals surface area contributed by atoms with Crippen LogP contribution in [-0.2, 0) is 13.0 Å². The van der Waals surface area contributed by atoms with Gasteiger partial charge in [-0.25, -0.2) is 0 Å². The number of hydrogen-bond donors (Lipinski definition) is 1. The first kappa shape index (κ1) is 11.6. The van der Waals surface area contributed by atoms with Crippen LogP contribution in [-0.4, -0.2) is 6.54 Å². The number of hydrogen-bond acceptors (Lipinski definition) is 2. The van der Waals surface area contributed by atoms with Crippen LogP contribution in [0.4, 0.5) is 11.4 Å². The summed E-state index contributed by atoms with van der Waals surface area (Å²) in [6.45, 7) is 2.04. The number of halogens is 1. The highest BCUT2D eigenvalue weighted by atomic mass is 79.9. The summed E-state index contributed by atoms with van der Waals surface area (Å²) in [5.41, 5.74) is 10.7. The third-order valence-corrected chi connectivity index (χ3v) is 3.91. The summed E-state index contributed by atoms with van der Waals surface area (Å²) in [5.74, 6) is 0. The van der Waals surface area contributed by atoms with Crippen molar-refractivity contribution in [2.45, 2.75) is 13.0 Å². The van der Waals surface area contributed by atoms with Crippen molar-refractivity contribution in [1.29, 1.82) is 0 Å². The van der Waals surface area contributed by atoms with E-state index in [0.29, 0.717) is 0 Å². The molecule has 1 heterocycles. The van der Waals surface area contributed by atoms with E-state index in [1.54, 1.807) is 0 Å². The van der Waals surface area contributed by atoms with Gasteiger partial charge in [0.25, 0.3) is 0 Å². The fourth-order valence-corrected chi connectivity index (χ4v) is 2.73. The van der Waals surface area contributed by atoms with Crippen LogP contribution in [0, 0.1) is 0 Å². The molecule has 3 rings (SSSR count). The molecule has 0 saturated heterocycles. The number of nitrogen functional groups attached to an aromatic ring is 1. The Kier molecular flexibility index (Phi) is 3.00. The summed E-state index contributed by atoms with van der Waals surface area (Å²) in [4.78, 5) is 2.41. The maximum atomic E-state index is 5.82.